The van der Waals surface area contributed by atoms with E-state index in [1.807, 2.05) is 35.7 Å². The summed E-state index contributed by atoms with van der Waals surface area (Å²) in [5, 5.41) is 2.55. The van der Waals surface area contributed by atoms with Gasteiger partial charge < -0.3 is 5.73 Å². The van der Waals surface area contributed by atoms with Crippen LogP contribution in [0.4, 0.5) is 0 Å². The van der Waals surface area contributed by atoms with Gasteiger partial charge in [0.1, 0.15) is 11.4 Å². The SMILES string of the molecule is NC(=O)[CH]c1nc(-c2ccccc2)cs1. The molecule has 2 rings (SSSR count). The molecule has 0 aliphatic rings. The largest absolute Gasteiger partial charge is 0.369 e. The van der Waals surface area contributed by atoms with Gasteiger partial charge in [-0.15, -0.1) is 11.3 Å². The van der Waals surface area contributed by atoms with Crippen molar-refractivity contribution in [2.24, 2.45) is 5.73 Å². The fourth-order valence-corrected chi connectivity index (χ4v) is 1.97. The fraction of sp³-hybridized carbons (Fsp3) is 0. The Morgan fingerprint density at radius 1 is 1.33 bits per heavy atom. The maximum Gasteiger partial charge on any atom is 0.228 e. The topological polar surface area (TPSA) is 56.0 Å². The predicted octanol–water partition coefficient (Wildman–Crippen LogP) is 1.85. The smallest absolute Gasteiger partial charge is 0.228 e. The Morgan fingerprint density at radius 2 is 2.07 bits per heavy atom. The second-order valence-corrected chi connectivity index (χ2v) is 3.87. The van der Waals surface area contributed by atoms with E-state index in [9.17, 15) is 4.79 Å². The average Bonchev–Trinajstić information content (AvgIpc) is 2.67. The molecule has 75 valence electrons. The van der Waals surface area contributed by atoms with E-state index >= 15 is 0 Å². The third kappa shape index (κ3) is 2.41. The van der Waals surface area contributed by atoms with E-state index < -0.39 is 5.91 Å². The van der Waals surface area contributed by atoms with Crippen molar-refractivity contribution in [1.29, 1.82) is 0 Å². The molecule has 3 nitrogen and oxygen atoms in total. The van der Waals surface area contributed by atoms with E-state index in [-0.39, 0.29) is 0 Å². The molecule has 1 heterocycles. The average molecular weight is 217 g/mol. The highest BCUT2D eigenvalue weighted by molar-refractivity contribution is 7.10. The standard InChI is InChI=1S/C11H9N2OS/c12-10(14)6-11-13-9(7-15-11)8-4-2-1-3-5-8/h1-7H,(H2,12,14). The first-order valence-electron chi connectivity index (χ1n) is 4.41. The van der Waals surface area contributed by atoms with Crippen molar-refractivity contribution < 1.29 is 4.79 Å². The van der Waals surface area contributed by atoms with E-state index in [0.717, 1.165) is 11.3 Å². The molecule has 2 N–H and O–H groups in total. The molecule has 1 aromatic heterocycles. The Labute approximate surface area is 91.6 Å². The Kier molecular flexibility index (Phi) is 2.78. The zero-order valence-electron chi connectivity index (χ0n) is 7.88. The molecule has 0 saturated heterocycles. The first kappa shape index (κ1) is 9.86. The number of carbonyl (C=O) groups is 1. The van der Waals surface area contributed by atoms with Crippen LogP contribution in [0.3, 0.4) is 0 Å². The summed E-state index contributed by atoms with van der Waals surface area (Å²) in [5.41, 5.74) is 6.95. The Morgan fingerprint density at radius 3 is 2.73 bits per heavy atom. The van der Waals surface area contributed by atoms with Gasteiger partial charge in [-0.2, -0.15) is 0 Å². The van der Waals surface area contributed by atoms with Crippen LogP contribution in [0.15, 0.2) is 35.7 Å². The van der Waals surface area contributed by atoms with E-state index in [1.54, 1.807) is 0 Å². The second-order valence-electron chi connectivity index (χ2n) is 2.98. The lowest BCUT2D eigenvalue weighted by atomic mass is 10.2. The van der Waals surface area contributed by atoms with Crippen LogP contribution in [0.2, 0.25) is 0 Å². The van der Waals surface area contributed by atoms with E-state index in [2.05, 4.69) is 4.98 Å². The summed E-state index contributed by atoms with van der Waals surface area (Å²) in [5.74, 6) is -0.469. The van der Waals surface area contributed by atoms with Gasteiger partial charge in [0.2, 0.25) is 5.91 Å². The summed E-state index contributed by atoms with van der Waals surface area (Å²) in [6.45, 7) is 0. The lowest BCUT2D eigenvalue weighted by Crippen LogP contribution is -2.11. The van der Waals surface area contributed by atoms with Crippen LogP contribution in [-0.2, 0) is 4.79 Å². The van der Waals surface area contributed by atoms with Gasteiger partial charge in [0.15, 0.2) is 0 Å². The van der Waals surface area contributed by atoms with Crippen LogP contribution in [0.1, 0.15) is 5.01 Å². The van der Waals surface area contributed by atoms with Gasteiger partial charge in [0.05, 0.1) is 5.69 Å². The number of thiazole rings is 1. The first-order chi connectivity index (χ1) is 7.25. The Balaban J connectivity index is 2.24. The number of carbonyl (C=O) groups excluding carboxylic acids is 1. The summed E-state index contributed by atoms with van der Waals surface area (Å²) >= 11 is 1.41. The first-order valence-corrected chi connectivity index (χ1v) is 5.29. The molecule has 4 heteroatoms. The van der Waals surface area contributed by atoms with Crippen LogP contribution >= 0.6 is 11.3 Å². The molecule has 0 aliphatic heterocycles. The van der Waals surface area contributed by atoms with Crippen molar-refractivity contribution in [3.8, 4) is 11.3 Å². The monoisotopic (exact) mass is 217 g/mol. The molecule has 1 radical (unpaired) electrons. The fourth-order valence-electron chi connectivity index (χ4n) is 1.22. The predicted molar refractivity (Wildman–Crippen MR) is 60.1 cm³/mol. The van der Waals surface area contributed by atoms with Gasteiger partial charge in [0.25, 0.3) is 0 Å². The number of nitrogens with two attached hydrogens (primary N) is 1. The summed E-state index contributed by atoms with van der Waals surface area (Å²) in [6, 6.07) is 9.80. The minimum Gasteiger partial charge on any atom is -0.369 e. The number of hydrogen-bond donors (Lipinski definition) is 1. The van der Waals surface area contributed by atoms with Crippen molar-refractivity contribution in [2.75, 3.05) is 0 Å². The van der Waals surface area contributed by atoms with Gasteiger partial charge in [-0.3, -0.25) is 4.79 Å². The molecule has 0 atom stereocenters. The highest BCUT2D eigenvalue weighted by atomic mass is 32.1. The highest BCUT2D eigenvalue weighted by Crippen LogP contribution is 2.21. The lowest BCUT2D eigenvalue weighted by molar-refractivity contribution is -0.114. The van der Waals surface area contributed by atoms with Gasteiger partial charge in [-0.25, -0.2) is 4.98 Å². The number of rotatable bonds is 3. The van der Waals surface area contributed by atoms with Gasteiger partial charge in [0, 0.05) is 10.9 Å². The number of benzene rings is 1. The summed E-state index contributed by atoms with van der Waals surface area (Å²) in [6.07, 6.45) is 1.33. The lowest BCUT2D eigenvalue weighted by Gasteiger charge is -1.93. The van der Waals surface area contributed by atoms with Crippen molar-refractivity contribution in [2.45, 2.75) is 0 Å². The van der Waals surface area contributed by atoms with E-state index in [0.29, 0.717) is 5.01 Å². The second kappa shape index (κ2) is 4.23. The maximum absolute atomic E-state index is 10.6. The molecule has 0 bridgehead atoms. The van der Waals surface area contributed by atoms with Gasteiger partial charge >= 0.3 is 0 Å². The molecule has 0 unspecified atom stereocenters. The number of aromatic nitrogens is 1. The number of hydrogen-bond acceptors (Lipinski definition) is 3. The quantitative estimate of drug-likeness (QED) is 0.853. The minimum atomic E-state index is -0.469. The summed E-state index contributed by atoms with van der Waals surface area (Å²) in [4.78, 5) is 14.9. The molecule has 15 heavy (non-hydrogen) atoms. The molecule has 1 amide bonds. The van der Waals surface area contributed by atoms with Crippen LogP contribution < -0.4 is 5.73 Å². The Bertz CT molecular complexity index is 464. The molecule has 0 spiro atoms. The molecule has 2 aromatic rings. The zero-order chi connectivity index (χ0) is 10.7. The van der Waals surface area contributed by atoms with Crippen molar-refractivity contribution >= 4 is 17.2 Å². The van der Waals surface area contributed by atoms with Crippen molar-refractivity contribution in [1.82, 2.24) is 4.98 Å². The molecular formula is C11H9N2OS. The number of nitrogens with zero attached hydrogens (tertiary/aromatic N) is 1. The third-order valence-corrected chi connectivity index (χ3v) is 2.65. The van der Waals surface area contributed by atoms with E-state index in [1.165, 1.54) is 17.8 Å². The third-order valence-electron chi connectivity index (χ3n) is 1.86. The highest BCUT2D eigenvalue weighted by Gasteiger charge is 2.06. The minimum absolute atomic E-state index is 0.469. The summed E-state index contributed by atoms with van der Waals surface area (Å²) < 4.78 is 0. The van der Waals surface area contributed by atoms with Crippen molar-refractivity contribution in [3.63, 3.8) is 0 Å². The molecule has 0 aliphatic carbocycles. The Hall–Kier alpha value is -1.68. The van der Waals surface area contributed by atoms with Gasteiger partial charge in [-0.05, 0) is 0 Å². The molecule has 1 aromatic carbocycles. The number of amides is 1. The van der Waals surface area contributed by atoms with Crippen LogP contribution in [-0.4, -0.2) is 10.9 Å². The normalized spacial score (nSPS) is 10.1. The van der Waals surface area contributed by atoms with E-state index in [4.69, 9.17) is 5.73 Å². The summed E-state index contributed by atoms with van der Waals surface area (Å²) in [7, 11) is 0. The van der Waals surface area contributed by atoms with Crippen LogP contribution in [0.25, 0.3) is 11.3 Å². The van der Waals surface area contributed by atoms with Crippen molar-refractivity contribution in [3.05, 3.63) is 47.1 Å². The van der Waals surface area contributed by atoms with Crippen LogP contribution in [0, 0.1) is 6.42 Å². The molecule has 0 saturated carbocycles. The zero-order valence-corrected chi connectivity index (χ0v) is 8.70. The van der Waals surface area contributed by atoms with Gasteiger partial charge in [-0.1, -0.05) is 30.3 Å². The number of primary amides is 1. The van der Waals surface area contributed by atoms with Crippen LogP contribution in [0.5, 0.6) is 0 Å². The molecule has 0 fully saturated rings. The maximum atomic E-state index is 10.6. The molecular weight excluding hydrogens is 208 g/mol.